The molecule has 1 saturated heterocycles. The molecule has 2 aromatic rings. The number of carbonyl (C=O) groups excluding carboxylic acids is 1. The zero-order valence-electron chi connectivity index (χ0n) is 13.5. The lowest BCUT2D eigenvalue weighted by Crippen LogP contribution is -2.34. The molecule has 0 saturated carbocycles. The van der Waals surface area contributed by atoms with Crippen LogP contribution < -0.4 is 5.32 Å². The standard InChI is InChI=1S/C20H24N2O/c1-2-13-21-14-12-18-10-11-20(23)22(18)15-17-8-5-7-16-6-3-4-9-19(16)17/h2-9,18,21H,1,10-15H2/t18-/m1/s1. The van der Waals surface area contributed by atoms with E-state index >= 15 is 0 Å². The minimum atomic E-state index is 0.284. The van der Waals surface area contributed by atoms with Crippen LogP contribution in [0, 0.1) is 0 Å². The van der Waals surface area contributed by atoms with E-state index in [4.69, 9.17) is 0 Å². The van der Waals surface area contributed by atoms with Crippen molar-refractivity contribution in [3.63, 3.8) is 0 Å². The molecule has 1 atom stereocenters. The highest BCUT2D eigenvalue weighted by molar-refractivity contribution is 5.86. The molecule has 3 nitrogen and oxygen atoms in total. The van der Waals surface area contributed by atoms with E-state index in [1.54, 1.807) is 0 Å². The van der Waals surface area contributed by atoms with Crippen molar-refractivity contribution in [3.8, 4) is 0 Å². The summed E-state index contributed by atoms with van der Waals surface area (Å²) in [5.41, 5.74) is 1.24. The molecule has 0 bridgehead atoms. The lowest BCUT2D eigenvalue weighted by Gasteiger charge is -2.25. The monoisotopic (exact) mass is 308 g/mol. The Labute approximate surface area is 138 Å². The maximum Gasteiger partial charge on any atom is 0.223 e. The number of nitrogens with zero attached hydrogens (tertiary/aromatic N) is 1. The molecule has 1 aliphatic heterocycles. The molecule has 1 heterocycles. The maximum absolute atomic E-state index is 12.3. The highest BCUT2D eigenvalue weighted by atomic mass is 16.2. The molecule has 0 aliphatic carbocycles. The van der Waals surface area contributed by atoms with Crippen LogP contribution in [0.25, 0.3) is 10.8 Å². The van der Waals surface area contributed by atoms with Crippen molar-refractivity contribution in [2.45, 2.75) is 31.8 Å². The number of hydrogen-bond donors (Lipinski definition) is 1. The van der Waals surface area contributed by atoms with E-state index in [1.807, 2.05) is 6.08 Å². The molecule has 23 heavy (non-hydrogen) atoms. The topological polar surface area (TPSA) is 32.3 Å². The zero-order chi connectivity index (χ0) is 16.1. The number of nitrogens with one attached hydrogen (secondary N) is 1. The van der Waals surface area contributed by atoms with E-state index in [-0.39, 0.29) is 5.91 Å². The van der Waals surface area contributed by atoms with Gasteiger partial charge in [0.2, 0.25) is 5.91 Å². The molecule has 1 amide bonds. The fourth-order valence-electron chi connectivity index (χ4n) is 3.40. The minimum Gasteiger partial charge on any atom is -0.335 e. The summed E-state index contributed by atoms with van der Waals surface area (Å²) >= 11 is 0. The first kappa shape index (κ1) is 15.8. The van der Waals surface area contributed by atoms with Crippen LogP contribution in [0.3, 0.4) is 0 Å². The number of rotatable bonds is 7. The summed E-state index contributed by atoms with van der Waals surface area (Å²) in [5, 5.41) is 5.82. The van der Waals surface area contributed by atoms with Crippen LogP contribution in [0.15, 0.2) is 55.1 Å². The molecule has 2 aromatic carbocycles. The van der Waals surface area contributed by atoms with Gasteiger partial charge in [-0.15, -0.1) is 6.58 Å². The summed E-state index contributed by atoms with van der Waals surface area (Å²) in [6, 6.07) is 15.1. The Morgan fingerprint density at radius 1 is 1.22 bits per heavy atom. The first-order valence-corrected chi connectivity index (χ1v) is 8.37. The quantitative estimate of drug-likeness (QED) is 0.627. The summed E-state index contributed by atoms with van der Waals surface area (Å²) < 4.78 is 0. The normalized spacial score (nSPS) is 17.8. The average molecular weight is 308 g/mol. The van der Waals surface area contributed by atoms with E-state index in [0.29, 0.717) is 19.0 Å². The number of amides is 1. The number of benzene rings is 2. The van der Waals surface area contributed by atoms with Crippen LogP contribution in [-0.4, -0.2) is 29.9 Å². The molecule has 1 aliphatic rings. The zero-order valence-corrected chi connectivity index (χ0v) is 13.5. The summed E-state index contributed by atoms with van der Waals surface area (Å²) in [4.78, 5) is 14.4. The van der Waals surface area contributed by atoms with Gasteiger partial charge in [0, 0.05) is 25.6 Å². The Morgan fingerprint density at radius 3 is 2.91 bits per heavy atom. The smallest absolute Gasteiger partial charge is 0.223 e. The Morgan fingerprint density at radius 2 is 2.04 bits per heavy atom. The highest BCUT2D eigenvalue weighted by Gasteiger charge is 2.30. The number of likely N-dealkylation sites (tertiary alicyclic amines) is 1. The maximum atomic E-state index is 12.3. The van der Waals surface area contributed by atoms with E-state index < -0.39 is 0 Å². The van der Waals surface area contributed by atoms with Crippen molar-refractivity contribution in [3.05, 3.63) is 60.7 Å². The van der Waals surface area contributed by atoms with E-state index in [0.717, 1.165) is 25.9 Å². The Hall–Kier alpha value is -2.13. The number of carbonyl (C=O) groups is 1. The van der Waals surface area contributed by atoms with Gasteiger partial charge in [0.05, 0.1) is 0 Å². The molecule has 0 aromatic heterocycles. The van der Waals surface area contributed by atoms with Gasteiger partial charge in [-0.25, -0.2) is 0 Å². The van der Waals surface area contributed by atoms with Gasteiger partial charge in [0.1, 0.15) is 0 Å². The van der Waals surface area contributed by atoms with Gasteiger partial charge < -0.3 is 10.2 Å². The molecule has 0 unspecified atom stereocenters. The fourth-order valence-corrected chi connectivity index (χ4v) is 3.40. The van der Waals surface area contributed by atoms with Gasteiger partial charge in [-0.3, -0.25) is 4.79 Å². The molecule has 0 radical (unpaired) electrons. The molecular weight excluding hydrogens is 284 g/mol. The minimum absolute atomic E-state index is 0.284. The van der Waals surface area contributed by atoms with Gasteiger partial charge in [0.15, 0.2) is 0 Å². The molecule has 3 heteroatoms. The Balaban J connectivity index is 1.73. The number of fused-ring (bicyclic) bond motifs is 1. The van der Waals surface area contributed by atoms with E-state index in [9.17, 15) is 4.79 Å². The molecule has 3 rings (SSSR count). The number of hydrogen-bond acceptors (Lipinski definition) is 2. The molecule has 1 N–H and O–H groups in total. The van der Waals surface area contributed by atoms with Crippen LogP contribution >= 0.6 is 0 Å². The SMILES string of the molecule is C=CCNCC[C@H]1CCC(=O)N1Cc1cccc2ccccc12. The van der Waals surface area contributed by atoms with Gasteiger partial charge in [-0.05, 0) is 35.7 Å². The molecule has 120 valence electrons. The van der Waals surface area contributed by atoms with Gasteiger partial charge in [-0.1, -0.05) is 48.5 Å². The second-order valence-corrected chi connectivity index (χ2v) is 6.13. The van der Waals surface area contributed by atoms with Crippen LogP contribution in [-0.2, 0) is 11.3 Å². The van der Waals surface area contributed by atoms with Crippen molar-refractivity contribution in [2.75, 3.05) is 13.1 Å². The van der Waals surface area contributed by atoms with E-state index in [1.165, 1.54) is 16.3 Å². The summed E-state index contributed by atoms with van der Waals surface area (Å²) in [6.07, 6.45) is 4.52. The van der Waals surface area contributed by atoms with Crippen molar-refractivity contribution >= 4 is 16.7 Å². The fraction of sp³-hybridized carbons (Fsp3) is 0.350. The molecular formula is C20H24N2O. The third kappa shape index (κ3) is 3.62. The predicted octanol–water partition coefficient (Wildman–Crippen LogP) is 3.50. The average Bonchev–Trinajstić information content (AvgIpc) is 2.92. The van der Waals surface area contributed by atoms with Crippen LogP contribution in [0.5, 0.6) is 0 Å². The second-order valence-electron chi connectivity index (χ2n) is 6.13. The van der Waals surface area contributed by atoms with Gasteiger partial charge >= 0.3 is 0 Å². The lowest BCUT2D eigenvalue weighted by molar-refractivity contribution is -0.129. The first-order chi connectivity index (χ1) is 11.3. The third-order valence-corrected chi connectivity index (χ3v) is 4.62. The highest BCUT2D eigenvalue weighted by Crippen LogP contribution is 2.26. The van der Waals surface area contributed by atoms with E-state index in [2.05, 4.69) is 59.3 Å². The van der Waals surface area contributed by atoms with Crippen molar-refractivity contribution < 1.29 is 4.79 Å². The Bertz CT molecular complexity index is 690. The van der Waals surface area contributed by atoms with Crippen LogP contribution in [0.2, 0.25) is 0 Å². The largest absolute Gasteiger partial charge is 0.335 e. The second kappa shape index (κ2) is 7.42. The third-order valence-electron chi connectivity index (χ3n) is 4.62. The van der Waals surface area contributed by atoms with Crippen LogP contribution in [0.1, 0.15) is 24.8 Å². The van der Waals surface area contributed by atoms with Gasteiger partial charge in [0.25, 0.3) is 0 Å². The molecule has 0 spiro atoms. The summed E-state index contributed by atoms with van der Waals surface area (Å²) in [5.74, 6) is 0.284. The van der Waals surface area contributed by atoms with Crippen molar-refractivity contribution in [2.24, 2.45) is 0 Å². The Kier molecular flexibility index (Phi) is 5.09. The molecule has 1 fully saturated rings. The first-order valence-electron chi connectivity index (χ1n) is 8.37. The van der Waals surface area contributed by atoms with Crippen molar-refractivity contribution in [1.29, 1.82) is 0 Å². The van der Waals surface area contributed by atoms with Crippen molar-refractivity contribution in [1.82, 2.24) is 10.2 Å². The summed E-state index contributed by atoms with van der Waals surface area (Å²) in [7, 11) is 0. The summed E-state index contributed by atoms with van der Waals surface area (Å²) in [6.45, 7) is 6.18. The van der Waals surface area contributed by atoms with Gasteiger partial charge in [-0.2, -0.15) is 0 Å². The predicted molar refractivity (Wildman–Crippen MR) is 95.2 cm³/mol. The lowest BCUT2D eigenvalue weighted by atomic mass is 10.0. The van der Waals surface area contributed by atoms with Crippen LogP contribution in [0.4, 0.5) is 0 Å².